The number of rotatable bonds is 6. The summed E-state index contributed by atoms with van der Waals surface area (Å²) >= 11 is 3.61. The van der Waals surface area contributed by atoms with Crippen LogP contribution in [-0.2, 0) is 11.2 Å². The van der Waals surface area contributed by atoms with E-state index in [9.17, 15) is 0 Å². The van der Waals surface area contributed by atoms with Gasteiger partial charge in [0.15, 0.2) is 0 Å². The van der Waals surface area contributed by atoms with E-state index in [1.807, 2.05) is 14.2 Å². The van der Waals surface area contributed by atoms with E-state index >= 15 is 0 Å². The number of halogens is 1. The molecule has 0 amide bonds. The molecule has 0 radical (unpaired) electrons. The fourth-order valence-electron chi connectivity index (χ4n) is 2.39. The van der Waals surface area contributed by atoms with E-state index in [2.05, 4.69) is 45.5 Å². The van der Waals surface area contributed by atoms with Crippen molar-refractivity contribution in [1.29, 1.82) is 0 Å². The lowest BCUT2D eigenvalue weighted by Crippen LogP contribution is -2.42. The largest absolute Gasteiger partial charge is 0.380 e. The zero-order valence-corrected chi connectivity index (χ0v) is 12.0. The number of likely N-dealkylation sites (N-methyl/N-ethyl adjacent to an activating group) is 1. The van der Waals surface area contributed by atoms with E-state index in [1.54, 1.807) is 0 Å². The number of hydrogen-bond donors (Lipinski definition) is 1. The maximum atomic E-state index is 5.66. The minimum atomic E-state index is 0.340. The van der Waals surface area contributed by atoms with E-state index < -0.39 is 0 Å². The zero-order valence-electron chi connectivity index (χ0n) is 10.4. The van der Waals surface area contributed by atoms with Crippen LogP contribution in [0.4, 0.5) is 0 Å². The number of benzene rings is 1. The molecule has 1 aromatic carbocycles. The first-order valence-electron chi connectivity index (χ1n) is 6.19. The predicted octanol–water partition coefficient (Wildman–Crippen LogP) is 3.00. The first-order valence-corrected chi connectivity index (χ1v) is 6.99. The van der Waals surface area contributed by atoms with Gasteiger partial charge >= 0.3 is 0 Å². The Morgan fingerprint density at radius 1 is 1.41 bits per heavy atom. The highest BCUT2D eigenvalue weighted by Crippen LogP contribution is 2.36. The van der Waals surface area contributed by atoms with Gasteiger partial charge in [0.2, 0.25) is 0 Å². The molecule has 94 valence electrons. The number of hydrogen-bond acceptors (Lipinski definition) is 2. The molecule has 0 saturated heterocycles. The van der Waals surface area contributed by atoms with Gasteiger partial charge in [-0.3, -0.25) is 0 Å². The molecule has 1 saturated carbocycles. The quantitative estimate of drug-likeness (QED) is 0.871. The average molecular weight is 298 g/mol. The molecule has 0 aliphatic heterocycles. The molecular formula is C14H20BrNO. The van der Waals surface area contributed by atoms with Crippen molar-refractivity contribution in [3.05, 3.63) is 34.3 Å². The Morgan fingerprint density at radius 2 is 2.12 bits per heavy atom. The van der Waals surface area contributed by atoms with E-state index in [-0.39, 0.29) is 0 Å². The van der Waals surface area contributed by atoms with Crippen LogP contribution in [0.15, 0.2) is 28.7 Å². The summed E-state index contributed by atoms with van der Waals surface area (Å²) in [5.41, 5.74) is 1.34. The third kappa shape index (κ3) is 3.30. The highest BCUT2D eigenvalue weighted by atomic mass is 79.9. The van der Waals surface area contributed by atoms with Crippen molar-refractivity contribution in [2.24, 2.45) is 5.92 Å². The molecule has 0 spiro atoms. The summed E-state index contributed by atoms with van der Waals surface area (Å²) in [6.07, 6.45) is 3.97. The second kappa shape index (κ2) is 5.98. The van der Waals surface area contributed by atoms with Crippen molar-refractivity contribution in [3.63, 3.8) is 0 Å². The van der Waals surface area contributed by atoms with Gasteiger partial charge in [-0.05, 0) is 43.9 Å². The molecule has 2 unspecified atom stereocenters. The fourth-order valence-corrected chi connectivity index (χ4v) is 2.84. The van der Waals surface area contributed by atoms with Crippen LogP contribution in [0.2, 0.25) is 0 Å². The van der Waals surface area contributed by atoms with Gasteiger partial charge in [0, 0.05) is 17.6 Å². The van der Waals surface area contributed by atoms with Gasteiger partial charge in [0.25, 0.3) is 0 Å². The lowest BCUT2D eigenvalue weighted by molar-refractivity contribution is 0.0534. The predicted molar refractivity (Wildman–Crippen MR) is 74.2 cm³/mol. The Bertz CT molecular complexity index is 365. The maximum absolute atomic E-state index is 5.66. The molecule has 0 aromatic heterocycles. The van der Waals surface area contributed by atoms with Crippen LogP contribution in [-0.4, -0.2) is 26.3 Å². The first kappa shape index (κ1) is 13.1. The third-order valence-electron chi connectivity index (χ3n) is 3.52. The minimum Gasteiger partial charge on any atom is -0.380 e. The minimum absolute atomic E-state index is 0.340. The van der Waals surface area contributed by atoms with Gasteiger partial charge in [-0.1, -0.05) is 34.1 Å². The van der Waals surface area contributed by atoms with E-state index in [4.69, 9.17) is 4.74 Å². The van der Waals surface area contributed by atoms with Crippen LogP contribution < -0.4 is 5.32 Å². The number of ether oxygens (including phenoxy) is 1. The molecule has 1 aromatic rings. The van der Waals surface area contributed by atoms with Crippen molar-refractivity contribution in [3.8, 4) is 0 Å². The van der Waals surface area contributed by atoms with Crippen LogP contribution in [0.3, 0.4) is 0 Å². The lowest BCUT2D eigenvalue weighted by Gasteiger charge is -2.26. The van der Waals surface area contributed by atoms with Crippen molar-refractivity contribution >= 4 is 15.9 Å². The summed E-state index contributed by atoms with van der Waals surface area (Å²) < 4.78 is 6.85. The van der Waals surface area contributed by atoms with Gasteiger partial charge in [0.1, 0.15) is 0 Å². The molecule has 2 rings (SSSR count). The molecule has 17 heavy (non-hydrogen) atoms. The van der Waals surface area contributed by atoms with E-state index in [1.165, 1.54) is 22.9 Å². The average Bonchev–Trinajstić information content (AvgIpc) is 3.15. The Hall–Kier alpha value is -0.380. The van der Waals surface area contributed by atoms with Crippen LogP contribution in [0.25, 0.3) is 0 Å². The summed E-state index contributed by atoms with van der Waals surface area (Å²) in [4.78, 5) is 0. The van der Waals surface area contributed by atoms with Crippen molar-refractivity contribution < 1.29 is 4.74 Å². The molecule has 1 fully saturated rings. The Balaban J connectivity index is 2.06. The number of methoxy groups -OCH3 is 1. The summed E-state index contributed by atoms with van der Waals surface area (Å²) in [7, 11) is 3.85. The number of nitrogens with one attached hydrogen (secondary N) is 1. The van der Waals surface area contributed by atoms with Crippen LogP contribution >= 0.6 is 15.9 Å². The summed E-state index contributed by atoms with van der Waals surface area (Å²) in [5, 5.41) is 3.40. The molecule has 1 aliphatic carbocycles. The Labute approximate surface area is 112 Å². The van der Waals surface area contributed by atoms with Gasteiger partial charge in [-0.2, -0.15) is 0 Å². The fraction of sp³-hybridized carbons (Fsp3) is 0.571. The van der Waals surface area contributed by atoms with Crippen molar-refractivity contribution in [1.82, 2.24) is 5.32 Å². The summed E-state index contributed by atoms with van der Waals surface area (Å²) in [5.74, 6) is 0.750. The molecule has 2 nitrogen and oxygen atoms in total. The van der Waals surface area contributed by atoms with Gasteiger partial charge < -0.3 is 10.1 Å². The van der Waals surface area contributed by atoms with Crippen molar-refractivity contribution in [2.45, 2.75) is 31.4 Å². The highest BCUT2D eigenvalue weighted by Gasteiger charge is 2.36. The van der Waals surface area contributed by atoms with Crippen LogP contribution in [0.5, 0.6) is 0 Å². The molecule has 0 bridgehead atoms. The second-order valence-corrected chi connectivity index (χ2v) is 5.58. The molecule has 0 heterocycles. The lowest BCUT2D eigenvalue weighted by atomic mass is 9.98. The van der Waals surface area contributed by atoms with E-state index in [0.717, 1.165) is 12.3 Å². The molecule has 1 aliphatic rings. The smallest absolute Gasteiger partial charge is 0.0755 e. The second-order valence-electron chi connectivity index (χ2n) is 4.73. The molecule has 2 atom stereocenters. The van der Waals surface area contributed by atoms with E-state index in [0.29, 0.717) is 12.1 Å². The monoisotopic (exact) mass is 297 g/mol. The van der Waals surface area contributed by atoms with Gasteiger partial charge in [-0.25, -0.2) is 0 Å². The Kier molecular flexibility index (Phi) is 4.60. The van der Waals surface area contributed by atoms with Crippen LogP contribution in [0.1, 0.15) is 18.4 Å². The Morgan fingerprint density at radius 3 is 2.65 bits per heavy atom. The topological polar surface area (TPSA) is 21.3 Å². The molecular weight excluding hydrogens is 278 g/mol. The molecule has 1 N–H and O–H groups in total. The van der Waals surface area contributed by atoms with Gasteiger partial charge in [0.05, 0.1) is 6.10 Å². The first-order chi connectivity index (χ1) is 8.26. The van der Waals surface area contributed by atoms with Crippen molar-refractivity contribution in [2.75, 3.05) is 14.2 Å². The standard InChI is InChI=1S/C14H20BrNO/c1-16-13(14(17-2)10-7-8-10)9-11-5-3-4-6-12(11)15/h3-6,10,13-14,16H,7-9H2,1-2H3. The SMILES string of the molecule is CNC(Cc1ccccc1Br)C(OC)C1CC1. The van der Waals surface area contributed by atoms with Gasteiger partial charge in [-0.15, -0.1) is 0 Å². The molecule has 3 heteroatoms. The summed E-state index contributed by atoms with van der Waals surface area (Å²) in [6, 6.07) is 8.81. The zero-order chi connectivity index (χ0) is 12.3. The maximum Gasteiger partial charge on any atom is 0.0755 e. The van der Waals surface area contributed by atoms with Crippen LogP contribution in [0, 0.1) is 5.92 Å². The highest BCUT2D eigenvalue weighted by molar-refractivity contribution is 9.10. The summed E-state index contributed by atoms with van der Waals surface area (Å²) in [6.45, 7) is 0. The third-order valence-corrected chi connectivity index (χ3v) is 4.30. The normalized spacial score (nSPS) is 19.0.